The Balaban J connectivity index is 1.76. The predicted octanol–water partition coefficient (Wildman–Crippen LogP) is 3.53. The van der Waals surface area contributed by atoms with Gasteiger partial charge in [0.1, 0.15) is 5.82 Å². The van der Waals surface area contributed by atoms with E-state index >= 15 is 0 Å². The summed E-state index contributed by atoms with van der Waals surface area (Å²) in [6.07, 6.45) is 0. The number of hydrogen-bond acceptors (Lipinski definition) is 5. The summed E-state index contributed by atoms with van der Waals surface area (Å²) in [4.78, 5) is 12.6. The Morgan fingerprint density at radius 1 is 1.15 bits per heavy atom. The standard InChI is InChI=1S/C19H20FN5OS/c1-11-7-6-8-12(2)16(11)22-18(26)13(3)27-19-24-23-17(25(19)21)14-9-4-5-10-15(14)20/h4-10,13H,21H2,1-3H3,(H,22,26)/t13-/m1/s1. The number of nitrogen functional groups attached to an aromatic ring is 1. The minimum absolute atomic E-state index is 0.173. The summed E-state index contributed by atoms with van der Waals surface area (Å²) in [6, 6.07) is 12.0. The molecule has 0 spiro atoms. The van der Waals surface area contributed by atoms with E-state index in [0.29, 0.717) is 5.16 Å². The molecule has 1 amide bonds. The lowest BCUT2D eigenvalue weighted by atomic mass is 10.1. The molecule has 0 bridgehead atoms. The van der Waals surface area contributed by atoms with Gasteiger partial charge in [0.15, 0.2) is 5.82 Å². The van der Waals surface area contributed by atoms with Gasteiger partial charge in [-0.05, 0) is 44.0 Å². The number of aryl methyl sites for hydroxylation is 2. The minimum Gasteiger partial charge on any atom is -0.335 e. The normalized spacial score (nSPS) is 12.0. The molecule has 0 fully saturated rings. The second kappa shape index (κ2) is 7.79. The monoisotopic (exact) mass is 385 g/mol. The van der Waals surface area contributed by atoms with Crippen LogP contribution in [-0.2, 0) is 4.79 Å². The van der Waals surface area contributed by atoms with Crippen LogP contribution in [0.2, 0.25) is 0 Å². The Kier molecular flexibility index (Phi) is 5.46. The molecule has 0 aliphatic heterocycles. The zero-order chi connectivity index (χ0) is 19.6. The van der Waals surface area contributed by atoms with Gasteiger partial charge in [0.25, 0.3) is 0 Å². The van der Waals surface area contributed by atoms with Crippen molar-refractivity contribution in [2.75, 3.05) is 11.2 Å². The number of benzene rings is 2. The molecule has 0 aliphatic rings. The van der Waals surface area contributed by atoms with E-state index in [1.807, 2.05) is 32.0 Å². The smallest absolute Gasteiger partial charge is 0.237 e. The number of aromatic nitrogens is 3. The summed E-state index contributed by atoms with van der Waals surface area (Å²) in [7, 11) is 0. The SMILES string of the molecule is Cc1cccc(C)c1NC(=O)[C@@H](C)Sc1nnc(-c2ccccc2F)n1N. The third-order valence-corrected chi connectivity index (χ3v) is 5.22. The van der Waals surface area contributed by atoms with Gasteiger partial charge in [-0.1, -0.05) is 42.1 Å². The van der Waals surface area contributed by atoms with Gasteiger partial charge >= 0.3 is 0 Å². The van der Waals surface area contributed by atoms with Gasteiger partial charge in [0.05, 0.1) is 10.8 Å². The molecule has 1 aromatic heterocycles. The second-order valence-corrected chi connectivity index (χ2v) is 7.48. The van der Waals surface area contributed by atoms with Crippen molar-refractivity contribution in [3.05, 3.63) is 59.4 Å². The van der Waals surface area contributed by atoms with Crippen molar-refractivity contribution >= 4 is 23.4 Å². The molecule has 3 N–H and O–H groups in total. The molecular weight excluding hydrogens is 365 g/mol. The first kappa shape index (κ1) is 18.9. The first-order valence-electron chi connectivity index (χ1n) is 8.37. The fourth-order valence-electron chi connectivity index (χ4n) is 2.63. The lowest BCUT2D eigenvalue weighted by Crippen LogP contribution is -2.24. The Morgan fingerprint density at radius 3 is 2.48 bits per heavy atom. The first-order valence-corrected chi connectivity index (χ1v) is 9.25. The summed E-state index contributed by atoms with van der Waals surface area (Å²) in [5.41, 5.74) is 3.04. The largest absolute Gasteiger partial charge is 0.335 e. The number of rotatable bonds is 5. The molecular formula is C19H20FN5OS. The van der Waals surface area contributed by atoms with Crippen LogP contribution in [-0.4, -0.2) is 26.0 Å². The molecule has 140 valence electrons. The Labute approximate surface area is 161 Å². The van der Waals surface area contributed by atoms with E-state index < -0.39 is 11.1 Å². The van der Waals surface area contributed by atoms with Gasteiger partial charge in [0.2, 0.25) is 11.1 Å². The number of nitrogens with zero attached hydrogens (tertiary/aromatic N) is 3. The number of carbonyl (C=O) groups excluding carboxylic acids is 1. The van der Waals surface area contributed by atoms with Gasteiger partial charge in [-0.15, -0.1) is 10.2 Å². The molecule has 6 nitrogen and oxygen atoms in total. The highest BCUT2D eigenvalue weighted by Gasteiger charge is 2.21. The van der Waals surface area contributed by atoms with E-state index in [1.54, 1.807) is 25.1 Å². The molecule has 0 saturated heterocycles. The summed E-state index contributed by atoms with van der Waals surface area (Å²) in [6.45, 7) is 5.64. The molecule has 2 aromatic carbocycles. The maximum Gasteiger partial charge on any atom is 0.237 e. The molecule has 0 unspecified atom stereocenters. The van der Waals surface area contributed by atoms with Crippen molar-refractivity contribution in [1.29, 1.82) is 0 Å². The number of anilines is 1. The van der Waals surface area contributed by atoms with Gasteiger partial charge in [-0.3, -0.25) is 4.79 Å². The Bertz CT molecular complexity index is 968. The number of thioether (sulfide) groups is 1. The van der Waals surface area contributed by atoms with Crippen LogP contribution in [0, 0.1) is 19.7 Å². The van der Waals surface area contributed by atoms with Gasteiger partial charge in [-0.2, -0.15) is 0 Å². The summed E-state index contributed by atoms with van der Waals surface area (Å²) >= 11 is 1.16. The third kappa shape index (κ3) is 3.95. The molecule has 8 heteroatoms. The molecule has 3 aromatic rings. The minimum atomic E-state index is -0.469. The average molecular weight is 385 g/mol. The summed E-state index contributed by atoms with van der Waals surface area (Å²) < 4.78 is 15.2. The van der Waals surface area contributed by atoms with Gasteiger partial charge in [0, 0.05) is 5.69 Å². The van der Waals surface area contributed by atoms with E-state index in [4.69, 9.17) is 5.84 Å². The third-order valence-electron chi connectivity index (χ3n) is 4.16. The fourth-order valence-corrected chi connectivity index (χ4v) is 3.40. The maximum atomic E-state index is 14.0. The number of nitrogens with one attached hydrogen (secondary N) is 1. The van der Waals surface area contributed by atoms with Gasteiger partial charge < -0.3 is 11.2 Å². The average Bonchev–Trinajstić information content (AvgIpc) is 2.99. The topological polar surface area (TPSA) is 85.8 Å². The van der Waals surface area contributed by atoms with Crippen LogP contribution >= 0.6 is 11.8 Å². The van der Waals surface area contributed by atoms with E-state index in [0.717, 1.165) is 28.6 Å². The number of hydrogen-bond donors (Lipinski definition) is 2. The zero-order valence-electron chi connectivity index (χ0n) is 15.2. The van der Waals surface area contributed by atoms with Crippen molar-refractivity contribution < 1.29 is 9.18 Å². The van der Waals surface area contributed by atoms with Gasteiger partial charge in [-0.25, -0.2) is 9.07 Å². The number of amides is 1. The highest BCUT2D eigenvalue weighted by molar-refractivity contribution is 8.00. The van der Waals surface area contributed by atoms with Crippen molar-refractivity contribution in [2.24, 2.45) is 0 Å². The van der Waals surface area contributed by atoms with Crippen LogP contribution in [0.3, 0.4) is 0 Å². The van der Waals surface area contributed by atoms with Crippen molar-refractivity contribution in [1.82, 2.24) is 14.9 Å². The molecule has 0 radical (unpaired) electrons. The van der Waals surface area contributed by atoms with Crippen molar-refractivity contribution in [3.8, 4) is 11.4 Å². The highest BCUT2D eigenvalue weighted by Crippen LogP contribution is 2.27. The van der Waals surface area contributed by atoms with Crippen molar-refractivity contribution in [3.63, 3.8) is 0 Å². The molecule has 1 atom stereocenters. The van der Waals surface area contributed by atoms with Crippen LogP contribution in [0.25, 0.3) is 11.4 Å². The number of carbonyl (C=O) groups is 1. The van der Waals surface area contributed by atoms with E-state index in [9.17, 15) is 9.18 Å². The van der Waals surface area contributed by atoms with Crippen LogP contribution in [0.15, 0.2) is 47.6 Å². The molecule has 1 heterocycles. The van der Waals surface area contributed by atoms with Crippen LogP contribution in [0.5, 0.6) is 0 Å². The number of para-hydroxylation sites is 1. The number of halogens is 1. The molecule has 0 aliphatic carbocycles. The van der Waals surface area contributed by atoms with E-state index in [1.165, 1.54) is 10.7 Å². The molecule has 27 heavy (non-hydrogen) atoms. The highest BCUT2D eigenvalue weighted by atomic mass is 32.2. The van der Waals surface area contributed by atoms with E-state index in [-0.39, 0.29) is 17.3 Å². The fraction of sp³-hybridized carbons (Fsp3) is 0.211. The molecule has 0 saturated carbocycles. The summed E-state index contributed by atoms with van der Waals surface area (Å²) in [5.74, 6) is 5.62. The van der Waals surface area contributed by atoms with Crippen LogP contribution < -0.4 is 11.2 Å². The van der Waals surface area contributed by atoms with Crippen LogP contribution in [0.4, 0.5) is 10.1 Å². The summed E-state index contributed by atoms with van der Waals surface area (Å²) in [5, 5.41) is 10.8. The first-order chi connectivity index (χ1) is 12.9. The lowest BCUT2D eigenvalue weighted by molar-refractivity contribution is -0.115. The maximum absolute atomic E-state index is 14.0. The quantitative estimate of drug-likeness (QED) is 0.518. The lowest BCUT2D eigenvalue weighted by Gasteiger charge is -2.15. The van der Waals surface area contributed by atoms with Crippen molar-refractivity contribution in [2.45, 2.75) is 31.2 Å². The Hall–Kier alpha value is -2.87. The predicted molar refractivity (Wildman–Crippen MR) is 105 cm³/mol. The van der Waals surface area contributed by atoms with E-state index in [2.05, 4.69) is 15.5 Å². The second-order valence-electron chi connectivity index (χ2n) is 6.17. The number of nitrogens with two attached hydrogens (primary N) is 1. The Morgan fingerprint density at radius 2 is 1.81 bits per heavy atom. The zero-order valence-corrected chi connectivity index (χ0v) is 16.0. The van der Waals surface area contributed by atoms with Crippen LogP contribution in [0.1, 0.15) is 18.1 Å². The molecule has 3 rings (SSSR count).